The molecule has 2 rings (SSSR count). The lowest BCUT2D eigenvalue weighted by molar-refractivity contribution is 0.403. The maximum absolute atomic E-state index is 12.5. The van der Waals surface area contributed by atoms with Crippen LogP contribution in [0.15, 0.2) is 51.1 Å². The Morgan fingerprint density at radius 3 is 2.37 bits per heavy atom. The van der Waals surface area contributed by atoms with E-state index in [1.165, 1.54) is 4.31 Å². The van der Waals surface area contributed by atoms with Crippen LogP contribution >= 0.6 is 27.3 Å². The monoisotopic (exact) mass is 359 g/mol. The smallest absolute Gasteiger partial charge is 0.207 e. The first kappa shape index (κ1) is 14.7. The molecule has 1 aromatic carbocycles. The Hall–Kier alpha value is -0.690. The predicted molar refractivity (Wildman–Crippen MR) is 81.8 cm³/mol. The average molecular weight is 360 g/mol. The van der Waals surface area contributed by atoms with Crippen molar-refractivity contribution in [1.82, 2.24) is 4.31 Å². The summed E-state index contributed by atoms with van der Waals surface area (Å²) in [5, 5.41) is 1.95. The molecule has 102 valence electrons. The summed E-state index contributed by atoms with van der Waals surface area (Å²) in [7, 11) is -1.85. The summed E-state index contributed by atoms with van der Waals surface area (Å²) in [6, 6.07) is 10.4. The zero-order valence-corrected chi connectivity index (χ0v) is 13.8. The minimum atomic E-state index is -3.46. The minimum absolute atomic E-state index is 0.173. The van der Waals surface area contributed by atoms with E-state index >= 15 is 0 Å². The summed E-state index contributed by atoms with van der Waals surface area (Å²) < 4.78 is 27.3. The molecule has 6 heteroatoms. The number of benzene rings is 1. The van der Waals surface area contributed by atoms with Gasteiger partial charge in [-0.2, -0.15) is 4.31 Å². The van der Waals surface area contributed by atoms with Crippen molar-refractivity contribution < 1.29 is 8.42 Å². The second-order valence-corrected chi connectivity index (χ2v) is 8.06. The van der Waals surface area contributed by atoms with Crippen LogP contribution in [-0.2, 0) is 10.0 Å². The maximum atomic E-state index is 12.5. The van der Waals surface area contributed by atoms with Crippen LogP contribution in [0.1, 0.15) is 17.8 Å². The maximum Gasteiger partial charge on any atom is 0.243 e. The zero-order valence-electron chi connectivity index (χ0n) is 10.6. The normalized spacial score (nSPS) is 13.7. The van der Waals surface area contributed by atoms with E-state index in [0.717, 1.165) is 9.35 Å². The summed E-state index contributed by atoms with van der Waals surface area (Å²) in [5.41, 5.74) is 0. The van der Waals surface area contributed by atoms with Crippen molar-refractivity contribution in [2.75, 3.05) is 7.05 Å². The fraction of sp³-hybridized carbons (Fsp3) is 0.231. The molecular weight excluding hydrogens is 346 g/mol. The lowest BCUT2D eigenvalue weighted by Gasteiger charge is -2.23. The summed E-state index contributed by atoms with van der Waals surface area (Å²) in [6.07, 6.45) is 0. The third-order valence-corrected chi connectivity index (χ3v) is 6.50. The van der Waals surface area contributed by atoms with Crippen molar-refractivity contribution in [3.05, 3.63) is 51.1 Å². The molecule has 0 saturated carbocycles. The van der Waals surface area contributed by atoms with Crippen LogP contribution in [0, 0.1) is 0 Å². The van der Waals surface area contributed by atoms with E-state index in [4.69, 9.17) is 0 Å². The highest BCUT2D eigenvalue weighted by Crippen LogP contribution is 2.28. The molecule has 0 radical (unpaired) electrons. The van der Waals surface area contributed by atoms with Crippen LogP contribution in [0.2, 0.25) is 0 Å². The molecule has 0 amide bonds. The number of sulfonamides is 1. The Kier molecular flexibility index (Phi) is 4.45. The molecule has 2 aromatic rings. The van der Waals surface area contributed by atoms with Gasteiger partial charge in [-0.3, -0.25) is 0 Å². The van der Waals surface area contributed by atoms with Gasteiger partial charge in [0, 0.05) is 16.4 Å². The molecule has 1 aromatic heterocycles. The Labute approximate surface area is 126 Å². The van der Waals surface area contributed by atoms with Crippen LogP contribution in [0.5, 0.6) is 0 Å². The molecule has 0 fully saturated rings. The molecule has 19 heavy (non-hydrogen) atoms. The van der Waals surface area contributed by atoms with Gasteiger partial charge in [-0.05, 0) is 42.6 Å². The molecule has 0 bridgehead atoms. The molecule has 1 unspecified atom stereocenters. The average Bonchev–Trinajstić information content (AvgIpc) is 2.91. The van der Waals surface area contributed by atoms with Crippen molar-refractivity contribution >= 4 is 37.3 Å². The van der Waals surface area contributed by atoms with Gasteiger partial charge in [0.25, 0.3) is 0 Å². The first-order chi connectivity index (χ1) is 8.93. The zero-order chi connectivity index (χ0) is 14.0. The quantitative estimate of drug-likeness (QED) is 0.830. The highest BCUT2D eigenvalue weighted by Gasteiger charge is 2.26. The molecule has 0 N–H and O–H groups in total. The molecule has 0 saturated heterocycles. The Morgan fingerprint density at radius 2 is 1.84 bits per heavy atom. The van der Waals surface area contributed by atoms with Gasteiger partial charge in [0.2, 0.25) is 10.0 Å². The second kappa shape index (κ2) is 5.75. The van der Waals surface area contributed by atoms with Crippen LogP contribution in [0.4, 0.5) is 0 Å². The second-order valence-electron chi connectivity index (χ2n) is 4.17. The van der Waals surface area contributed by atoms with Gasteiger partial charge in [-0.1, -0.05) is 22.0 Å². The molecule has 0 aliphatic rings. The van der Waals surface area contributed by atoms with Crippen molar-refractivity contribution in [3.8, 4) is 0 Å². The van der Waals surface area contributed by atoms with E-state index in [1.807, 2.05) is 24.4 Å². The highest BCUT2D eigenvalue weighted by molar-refractivity contribution is 9.10. The van der Waals surface area contributed by atoms with Crippen molar-refractivity contribution in [2.45, 2.75) is 17.9 Å². The first-order valence-electron chi connectivity index (χ1n) is 5.70. The number of halogens is 1. The Bertz CT molecular complexity index is 636. The standard InChI is InChI=1S/C13H14BrNO2S2/c1-10(13-4-3-9-18-13)15(2)19(16,17)12-7-5-11(14)6-8-12/h3-10H,1-2H3. The van der Waals surface area contributed by atoms with Crippen molar-refractivity contribution in [3.63, 3.8) is 0 Å². The highest BCUT2D eigenvalue weighted by atomic mass is 79.9. The number of hydrogen-bond acceptors (Lipinski definition) is 3. The van der Waals surface area contributed by atoms with E-state index in [2.05, 4.69) is 15.9 Å². The van der Waals surface area contributed by atoms with Crippen molar-refractivity contribution in [2.24, 2.45) is 0 Å². The fourth-order valence-corrected chi connectivity index (χ4v) is 4.19. The molecule has 3 nitrogen and oxygen atoms in total. The van der Waals surface area contributed by atoms with E-state index < -0.39 is 10.0 Å². The van der Waals surface area contributed by atoms with Gasteiger partial charge in [-0.25, -0.2) is 8.42 Å². The lowest BCUT2D eigenvalue weighted by atomic mass is 10.3. The molecule has 0 spiro atoms. The summed E-state index contributed by atoms with van der Waals surface area (Å²) >= 11 is 4.86. The summed E-state index contributed by atoms with van der Waals surface area (Å²) in [5.74, 6) is 0. The van der Waals surface area contributed by atoms with Gasteiger partial charge in [0.1, 0.15) is 0 Å². The van der Waals surface area contributed by atoms with E-state index in [0.29, 0.717) is 4.90 Å². The molecule has 1 heterocycles. The van der Waals surface area contributed by atoms with Crippen molar-refractivity contribution in [1.29, 1.82) is 0 Å². The van der Waals surface area contributed by atoms with Gasteiger partial charge in [0.15, 0.2) is 0 Å². The van der Waals surface area contributed by atoms with Gasteiger partial charge in [0.05, 0.1) is 10.9 Å². The molecular formula is C13H14BrNO2S2. The third-order valence-electron chi connectivity index (χ3n) is 2.99. The summed E-state index contributed by atoms with van der Waals surface area (Å²) in [4.78, 5) is 1.34. The SMILES string of the molecule is CC(c1cccs1)N(C)S(=O)(=O)c1ccc(Br)cc1. The van der Waals surface area contributed by atoms with Gasteiger partial charge >= 0.3 is 0 Å². The van der Waals surface area contributed by atoms with E-state index in [1.54, 1.807) is 42.6 Å². The largest absolute Gasteiger partial charge is 0.243 e. The first-order valence-corrected chi connectivity index (χ1v) is 8.81. The predicted octanol–water partition coefficient (Wildman–Crippen LogP) is 3.89. The van der Waals surface area contributed by atoms with Crippen LogP contribution in [0.25, 0.3) is 0 Å². The summed E-state index contributed by atoms with van der Waals surface area (Å²) in [6.45, 7) is 1.89. The number of thiophene rings is 1. The van der Waals surface area contributed by atoms with E-state index in [-0.39, 0.29) is 6.04 Å². The number of hydrogen-bond donors (Lipinski definition) is 0. The van der Waals surface area contributed by atoms with Crippen LogP contribution in [0.3, 0.4) is 0 Å². The minimum Gasteiger partial charge on any atom is -0.207 e. The topological polar surface area (TPSA) is 37.4 Å². The molecule has 1 atom stereocenters. The molecule has 0 aliphatic carbocycles. The third kappa shape index (κ3) is 3.08. The Morgan fingerprint density at radius 1 is 1.21 bits per heavy atom. The van der Waals surface area contributed by atoms with E-state index in [9.17, 15) is 8.42 Å². The van der Waals surface area contributed by atoms with Gasteiger partial charge in [-0.15, -0.1) is 11.3 Å². The fourth-order valence-electron chi connectivity index (χ4n) is 1.69. The number of rotatable bonds is 4. The van der Waals surface area contributed by atoms with Crippen LogP contribution < -0.4 is 0 Å². The van der Waals surface area contributed by atoms with Crippen LogP contribution in [-0.4, -0.2) is 19.8 Å². The molecule has 0 aliphatic heterocycles. The Balaban J connectivity index is 2.31. The number of nitrogens with zero attached hydrogens (tertiary/aromatic N) is 1. The lowest BCUT2D eigenvalue weighted by Crippen LogP contribution is -2.29. The van der Waals surface area contributed by atoms with Gasteiger partial charge < -0.3 is 0 Å².